The Morgan fingerprint density at radius 2 is 1.25 bits per heavy atom. The molecule has 0 aliphatic heterocycles. The summed E-state index contributed by atoms with van der Waals surface area (Å²) in [5.41, 5.74) is 0. The monoisotopic (exact) mass is 110 g/mol. The van der Waals surface area contributed by atoms with Crippen molar-refractivity contribution in [3.05, 3.63) is 25.3 Å². The summed E-state index contributed by atoms with van der Waals surface area (Å²) in [5.74, 6) is 0. The van der Waals surface area contributed by atoms with Crippen molar-refractivity contribution in [2.45, 2.75) is 25.7 Å². The Bertz CT molecular complexity index is 54.4. The topological polar surface area (TPSA) is 0 Å². The molecule has 1 aliphatic carbocycles. The van der Waals surface area contributed by atoms with Gasteiger partial charge >= 0.3 is 0 Å². The van der Waals surface area contributed by atoms with Crippen molar-refractivity contribution < 1.29 is 0 Å². The van der Waals surface area contributed by atoms with E-state index in [0.717, 1.165) is 0 Å². The summed E-state index contributed by atoms with van der Waals surface area (Å²) in [6, 6.07) is 0. The van der Waals surface area contributed by atoms with Crippen molar-refractivity contribution in [3.8, 4) is 0 Å². The standard InChI is InChI=1S/C6H10.C2H4/c1-2-4-6-5-3-1;1-2/h1-2H,3-6H2;1-2H2. The molecule has 0 atom stereocenters. The lowest BCUT2D eigenvalue weighted by Gasteiger charge is -1.97. The number of hydrogen-bond donors (Lipinski definition) is 0. The van der Waals surface area contributed by atoms with Crippen LogP contribution in [-0.2, 0) is 0 Å². The first kappa shape index (κ1) is 7.48. The molecule has 0 saturated heterocycles. The minimum Gasteiger partial charge on any atom is -0.106 e. The van der Waals surface area contributed by atoms with E-state index in [2.05, 4.69) is 25.3 Å². The Morgan fingerprint density at radius 3 is 1.38 bits per heavy atom. The molecule has 1 aliphatic rings. The Labute approximate surface area is 51.9 Å². The second-order valence-corrected chi connectivity index (χ2v) is 1.76. The van der Waals surface area contributed by atoms with Crippen LogP contribution < -0.4 is 0 Å². The van der Waals surface area contributed by atoms with Crippen LogP contribution in [0.15, 0.2) is 25.3 Å². The smallest absolute Gasteiger partial charge is 0.0351 e. The Kier molecular flexibility index (Phi) is 6.06. The lowest BCUT2D eigenvalue weighted by atomic mass is 10.1. The summed E-state index contributed by atoms with van der Waals surface area (Å²) in [6.45, 7) is 6.00. The first-order valence-corrected chi connectivity index (χ1v) is 3.15. The van der Waals surface area contributed by atoms with Crippen LogP contribution in [0.25, 0.3) is 0 Å². The third-order valence-electron chi connectivity index (χ3n) is 1.16. The summed E-state index contributed by atoms with van der Waals surface area (Å²) in [6.07, 6.45) is 10.0. The summed E-state index contributed by atoms with van der Waals surface area (Å²) < 4.78 is 0. The van der Waals surface area contributed by atoms with Gasteiger partial charge in [0.05, 0.1) is 0 Å². The molecule has 0 spiro atoms. The molecule has 0 bridgehead atoms. The number of rotatable bonds is 0. The molecule has 0 aromatic rings. The van der Waals surface area contributed by atoms with Crippen LogP contribution in [0.3, 0.4) is 0 Å². The molecule has 0 heterocycles. The van der Waals surface area contributed by atoms with E-state index in [-0.39, 0.29) is 0 Å². The van der Waals surface area contributed by atoms with Gasteiger partial charge in [0.2, 0.25) is 0 Å². The zero-order chi connectivity index (χ0) is 6.24. The van der Waals surface area contributed by atoms with E-state index in [0.29, 0.717) is 0 Å². The van der Waals surface area contributed by atoms with Gasteiger partial charge in [-0.15, -0.1) is 13.2 Å². The van der Waals surface area contributed by atoms with E-state index in [1.54, 1.807) is 0 Å². The fraction of sp³-hybridized carbons (Fsp3) is 0.500. The Hall–Kier alpha value is -0.520. The maximum absolute atomic E-state index is 3.00. The molecule has 0 N–H and O–H groups in total. The van der Waals surface area contributed by atoms with E-state index < -0.39 is 0 Å². The molecular weight excluding hydrogens is 96.1 g/mol. The van der Waals surface area contributed by atoms with Gasteiger partial charge < -0.3 is 0 Å². The fourth-order valence-corrected chi connectivity index (χ4v) is 0.760. The number of hydrogen-bond acceptors (Lipinski definition) is 0. The largest absolute Gasteiger partial charge is 0.106 e. The molecule has 0 amide bonds. The number of allylic oxidation sites excluding steroid dienone is 2. The van der Waals surface area contributed by atoms with Crippen LogP contribution >= 0.6 is 0 Å². The normalized spacial score (nSPS) is 16.5. The van der Waals surface area contributed by atoms with Crippen molar-refractivity contribution in [2.75, 3.05) is 0 Å². The minimum absolute atomic E-state index is 1.32. The van der Waals surface area contributed by atoms with Crippen LogP contribution in [-0.4, -0.2) is 0 Å². The van der Waals surface area contributed by atoms with E-state index >= 15 is 0 Å². The highest BCUT2D eigenvalue weighted by Crippen LogP contribution is 2.07. The van der Waals surface area contributed by atoms with Crippen molar-refractivity contribution in [3.63, 3.8) is 0 Å². The molecule has 0 aromatic heterocycles. The van der Waals surface area contributed by atoms with Crippen LogP contribution in [0.2, 0.25) is 0 Å². The van der Waals surface area contributed by atoms with Gasteiger partial charge in [-0.2, -0.15) is 0 Å². The van der Waals surface area contributed by atoms with E-state index in [9.17, 15) is 0 Å². The first-order valence-electron chi connectivity index (χ1n) is 3.15. The van der Waals surface area contributed by atoms with Crippen LogP contribution in [0.5, 0.6) is 0 Å². The second kappa shape index (κ2) is 6.48. The van der Waals surface area contributed by atoms with Crippen LogP contribution in [0.4, 0.5) is 0 Å². The predicted octanol–water partition coefficient (Wildman–Crippen LogP) is 2.92. The van der Waals surface area contributed by atoms with E-state index in [4.69, 9.17) is 0 Å². The zero-order valence-corrected chi connectivity index (χ0v) is 5.40. The van der Waals surface area contributed by atoms with Gasteiger partial charge in [0.15, 0.2) is 0 Å². The summed E-state index contributed by atoms with van der Waals surface area (Å²) in [5, 5.41) is 0. The highest BCUT2D eigenvalue weighted by molar-refractivity contribution is 4.85. The quantitative estimate of drug-likeness (QED) is 0.420. The molecule has 0 saturated carbocycles. The molecule has 46 valence electrons. The molecule has 8 heavy (non-hydrogen) atoms. The molecular formula is C8H14. The molecule has 0 unspecified atom stereocenters. The Balaban J connectivity index is 0.000000222. The molecule has 1 rings (SSSR count). The van der Waals surface area contributed by atoms with E-state index in [1.165, 1.54) is 25.7 Å². The minimum atomic E-state index is 1.32. The maximum atomic E-state index is 3.00. The third kappa shape index (κ3) is 3.66. The van der Waals surface area contributed by atoms with Crippen molar-refractivity contribution in [2.24, 2.45) is 0 Å². The second-order valence-electron chi connectivity index (χ2n) is 1.76. The fourth-order valence-electron chi connectivity index (χ4n) is 0.760. The molecule has 0 heteroatoms. The lowest BCUT2D eigenvalue weighted by Crippen LogP contribution is -1.77. The average Bonchev–Trinajstić information content (AvgIpc) is 1.96. The predicted molar refractivity (Wildman–Crippen MR) is 38.9 cm³/mol. The van der Waals surface area contributed by atoms with E-state index in [1.807, 2.05) is 0 Å². The van der Waals surface area contributed by atoms with Crippen LogP contribution in [0.1, 0.15) is 25.7 Å². The van der Waals surface area contributed by atoms with Gasteiger partial charge in [0.1, 0.15) is 0 Å². The molecule has 0 nitrogen and oxygen atoms in total. The summed E-state index contributed by atoms with van der Waals surface area (Å²) >= 11 is 0. The van der Waals surface area contributed by atoms with Crippen molar-refractivity contribution in [1.29, 1.82) is 0 Å². The van der Waals surface area contributed by atoms with Gasteiger partial charge in [-0.05, 0) is 25.7 Å². The molecule has 0 radical (unpaired) electrons. The van der Waals surface area contributed by atoms with Crippen molar-refractivity contribution in [1.82, 2.24) is 0 Å². The first-order chi connectivity index (χ1) is 4.00. The van der Waals surface area contributed by atoms with Gasteiger partial charge in [-0.1, -0.05) is 12.2 Å². The summed E-state index contributed by atoms with van der Waals surface area (Å²) in [7, 11) is 0. The van der Waals surface area contributed by atoms with Gasteiger partial charge in [0.25, 0.3) is 0 Å². The van der Waals surface area contributed by atoms with Gasteiger partial charge in [0, 0.05) is 0 Å². The third-order valence-corrected chi connectivity index (χ3v) is 1.16. The summed E-state index contributed by atoms with van der Waals surface area (Å²) in [4.78, 5) is 0. The lowest BCUT2D eigenvalue weighted by molar-refractivity contribution is 0.730. The van der Waals surface area contributed by atoms with Crippen LogP contribution in [0, 0.1) is 0 Å². The zero-order valence-electron chi connectivity index (χ0n) is 5.40. The molecule has 0 aromatic carbocycles. The van der Waals surface area contributed by atoms with Gasteiger partial charge in [-0.25, -0.2) is 0 Å². The average molecular weight is 110 g/mol. The van der Waals surface area contributed by atoms with Crippen molar-refractivity contribution >= 4 is 0 Å². The maximum Gasteiger partial charge on any atom is -0.0351 e. The highest BCUT2D eigenvalue weighted by Gasteiger charge is 1.87. The van der Waals surface area contributed by atoms with Gasteiger partial charge in [-0.3, -0.25) is 0 Å². The SMILES string of the molecule is C1=CCCCC1.C=C. The Morgan fingerprint density at radius 1 is 0.875 bits per heavy atom. The highest BCUT2D eigenvalue weighted by atomic mass is 13.9. The molecule has 0 fully saturated rings.